The summed E-state index contributed by atoms with van der Waals surface area (Å²) < 4.78 is 0. The lowest BCUT2D eigenvalue weighted by molar-refractivity contribution is 0.162. The predicted octanol–water partition coefficient (Wildman–Crippen LogP) is 2.79. The first-order chi connectivity index (χ1) is 8.62. The van der Waals surface area contributed by atoms with Crippen LogP contribution in [0, 0.1) is 22.7 Å². The van der Waals surface area contributed by atoms with Crippen LogP contribution in [0.15, 0.2) is 0 Å². The van der Waals surface area contributed by atoms with E-state index in [2.05, 4.69) is 24.5 Å². The third-order valence-electron chi connectivity index (χ3n) is 5.80. The highest BCUT2D eigenvalue weighted by Crippen LogP contribution is 2.60. The minimum atomic E-state index is 0.451. The second-order valence-corrected chi connectivity index (χ2v) is 7.77. The molecule has 2 heteroatoms. The maximum Gasteiger partial charge on any atom is 0.00107 e. The van der Waals surface area contributed by atoms with Gasteiger partial charge in [-0.2, -0.15) is 0 Å². The van der Waals surface area contributed by atoms with E-state index in [0.29, 0.717) is 5.41 Å². The van der Waals surface area contributed by atoms with Gasteiger partial charge in [0.05, 0.1) is 0 Å². The van der Waals surface area contributed by atoms with Crippen molar-refractivity contribution >= 4 is 0 Å². The Labute approximate surface area is 112 Å². The first-order valence-corrected chi connectivity index (χ1v) is 8.04. The molecule has 0 spiro atoms. The number of hydrogen-bond donors (Lipinski definition) is 2. The molecular weight excluding hydrogens is 220 g/mol. The van der Waals surface area contributed by atoms with Crippen molar-refractivity contribution in [3.05, 3.63) is 0 Å². The fourth-order valence-corrected chi connectivity index (χ4v) is 3.88. The second-order valence-electron chi connectivity index (χ2n) is 7.77. The van der Waals surface area contributed by atoms with Gasteiger partial charge in [-0.3, -0.25) is 0 Å². The Morgan fingerprint density at radius 3 is 2.56 bits per heavy atom. The largest absolute Gasteiger partial charge is 0.316 e. The van der Waals surface area contributed by atoms with Crippen molar-refractivity contribution < 1.29 is 0 Å². The quantitative estimate of drug-likeness (QED) is 0.757. The average molecular weight is 250 g/mol. The lowest BCUT2D eigenvalue weighted by Crippen LogP contribution is -2.44. The van der Waals surface area contributed by atoms with Crippen molar-refractivity contribution in [2.24, 2.45) is 22.7 Å². The summed E-state index contributed by atoms with van der Waals surface area (Å²) in [7, 11) is 0. The van der Waals surface area contributed by atoms with Crippen LogP contribution in [0.2, 0.25) is 0 Å². The molecule has 104 valence electrons. The molecule has 0 bridgehead atoms. The molecule has 1 atom stereocenters. The molecule has 1 heterocycles. The van der Waals surface area contributed by atoms with Crippen molar-refractivity contribution in [3.63, 3.8) is 0 Å². The minimum absolute atomic E-state index is 0.451. The second kappa shape index (κ2) is 4.79. The van der Waals surface area contributed by atoms with Crippen LogP contribution in [-0.4, -0.2) is 26.2 Å². The van der Waals surface area contributed by atoms with Crippen LogP contribution in [0.4, 0.5) is 0 Å². The number of piperidine rings is 1. The molecule has 3 fully saturated rings. The summed E-state index contributed by atoms with van der Waals surface area (Å²) in [6.07, 6.45) is 8.79. The fraction of sp³-hybridized carbons (Fsp3) is 1.00. The SMILES string of the molecule is CC(C)(CNCC1(C2CC2)CC1)C1CCCNC1. The number of rotatable bonds is 6. The molecule has 2 nitrogen and oxygen atoms in total. The van der Waals surface area contributed by atoms with Gasteiger partial charge in [-0.15, -0.1) is 0 Å². The molecule has 2 aliphatic carbocycles. The Morgan fingerprint density at radius 1 is 1.22 bits per heavy atom. The van der Waals surface area contributed by atoms with Crippen molar-refractivity contribution in [1.29, 1.82) is 0 Å². The molecule has 0 amide bonds. The molecule has 0 aromatic rings. The molecule has 2 saturated carbocycles. The molecule has 18 heavy (non-hydrogen) atoms. The highest BCUT2D eigenvalue weighted by atomic mass is 14.9. The first kappa shape index (κ1) is 12.9. The van der Waals surface area contributed by atoms with E-state index in [1.54, 1.807) is 0 Å². The van der Waals surface area contributed by atoms with E-state index in [1.807, 2.05) is 0 Å². The lowest BCUT2D eigenvalue weighted by atomic mass is 9.75. The van der Waals surface area contributed by atoms with Gasteiger partial charge in [0.2, 0.25) is 0 Å². The maximum absolute atomic E-state index is 3.82. The van der Waals surface area contributed by atoms with Crippen LogP contribution in [0.3, 0.4) is 0 Å². The summed E-state index contributed by atoms with van der Waals surface area (Å²) in [6, 6.07) is 0. The molecule has 3 rings (SSSR count). The van der Waals surface area contributed by atoms with Gasteiger partial charge < -0.3 is 10.6 Å². The van der Waals surface area contributed by atoms with Gasteiger partial charge in [0.25, 0.3) is 0 Å². The van der Waals surface area contributed by atoms with Gasteiger partial charge in [-0.05, 0) is 74.3 Å². The zero-order valence-electron chi connectivity index (χ0n) is 12.2. The standard InChI is InChI=1S/C16H30N2/c1-15(2,14-4-3-9-17-10-14)11-18-12-16(7-8-16)13-5-6-13/h13-14,17-18H,3-12H2,1-2H3. The Balaban J connectivity index is 1.43. The van der Waals surface area contributed by atoms with Crippen molar-refractivity contribution in [3.8, 4) is 0 Å². The van der Waals surface area contributed by atoms with Crippen LogP contribution < -0.4 is 10.6 Å². The molecule has 0 aromatic carbocycles. The van der Waals surface area contributed by atoms with Crippen molar-refractivity contribution in [1.82, 2.24) is 10.6 Å². The van der Waals surface area contributed by atoms with Crippen LogP contribution in [0.25, 0.3) is 0 Å². The van der Waals surface area contributed by atoms with Gasteiger partial charge in [0, 0.05) is 13.1 Å². The van der Waals surface area contributed by atoms with Gasteiger partial charge in [0.1, 0.15) is 0 Å². The van der Waals surface area contributed by atoms with Crippen LogP contribution in [0.1, 0.15) is 52.4 Å². The van der Waals surface area contributed by atoms with E-state index in [9.17, 15) is 0 Å². The summed E-state index contributed by atoms with van der Waals surface area (Å²) in [5.74, 6) is 1.94. The third kappa shape index (κ3) is 2.75. The molecule has 3 aliphatic rings. The van der Waals surface area contributed by atoms with Gasteiger partial charge in [-0.1, -0.05) is 13.8 Å². The molecule has 0 aromatic heterocycles. The Morgan fingerprint density at radius 2 is 2.00 bits per heavy atom. The predicted molar refractivity (Wildman–Crippen MR) is 76.6 cm³/mol. The minimum Gasteiger partial charge on any atom is -0.316 e. The van der Waals surface area contributed by atoms with Crippen molar-refractivity contribution in [2.75, 3.05) is 26.2 Å². The Hall–Kier alpha value is -0.0800. The van der Waals surface area contributed by atoms with E-state index in [0.717, 1.165) is 17.3 Å². The van der Waals surface area contributed by atoms with Gasteiger partial charge in [0.15, 0.2) is 0 Å². The first-order valence-electron chi connectivity index (χ1n) is 8.04. The van der Waals surface area contributed by atoms with E-state index in [4.69, 9.17) is 0 Å². The third-order valence-corrected chi connectivity index (χ3v) is 5.80. The molecule has 0 radical (unpaired) electrons. The average Bonchev–Trinajstić information content (AvgIpc) is 3.23. The fourth-order valence-electron chi connectivity index (χ4n) is 3.88. The molecule has 1 saturated heterocycles. The topological polar surface area (TPSA) is 24.1 Å². The normalized spacial score (nSPS) is 31.3. The number of hydrogen-bond acceptors (Lipinski definition) is 2. The van der Waals surface area contributed by atoms with E-state index < -0.39 is 0 Å². The zero-order valence-corrected chi connectivity index (χ0v) is 12.2. The molecule has 1 aliphatic heterocycles. The van der Waals surface area contributed by atoms with Gasteiger partial charge in [-0.25, -0.2) is 0 Å². The number of nitrogens with one attached hydrogen (secondary N) is 2. The lowest BCUT2D eigenvalue weighted by Gasteiger charge is -2.38. The summed E-state index contributed by atoms with van der Waals surface area (Å²) in [5, 5.41) is 7.38. The zero-order chi connectivity index (χ0) is 12.6. The van der Waals surface area contributed by atoms with E-state index in [-0.39, 0.29) is 0 Å². The van der Waals surface area contributed by atoms with Crippen LogP contribution >= 0.6 is 0 Å². The van der Waals surface area contributed by atoms with Crippen molar-refractivity contribution in [2.45, 2.75) is 52.4 Å². The summed E-state index contributed by atoms with van der Waals surface area (Å²) in [5.41, 5.74) is 1.20. The van der Waals surface area contributed by atoms with Gasteiger partial charge >= 0.3 is 0 Å². The van der Waals surface area contributed by atoms with Crippen LogP contribution in [-0.2, 0) is 0 Å². The maximum atomic E-state index is 3.82. The Bertz CT molecular complexity index is 283. The highest BCUT2D eigenvalue weighted by molar-refractivity contribution is 5.05. The molecular formula is C16H30N2. The summed E-state index contributed by atoms with van der Waals surface area (Å²) in [6.45, 7) is 9.85. The molecule has 1 unspecified atom stereocenters. The smallest absolute Gasteiger partial charge is 0.00107 e. The summed E-state index contributed by atoms with van der Waals surface area (Å²) in [4.78, 5) is 0. The Kier molecular flexibility index (Phi) is 3.44. The summed E-state index contributed by atoms with van der Waals surface area (Å²) >= 11 is 0. The highest BCUT2D eigenvalue weighted by Gasteiger charge is 2.53. The van der Waals surface area contributed by atoms with E-state index >= 15 is 0 Å². The molecule has 2 N–H and O–H groups in total. The van der Waals surface area contributed by atoms with E-state index in [1.165, 1.54) is 64.7 Å². The monoisotopic (exact) mass is 250 g/mol. The van der Waals surface area contributed by atoms with Crippen LogP contribution in [0.5, 0.6) is 0 Å².